The van der Waals surface area contributed by atoms with Crippen LogP contribution in [0.1, 0.15) is 22.5 Å². The molecule has 176 valence electrons. The van der Waals surface area contributed by atoms with E-state index in [1.807, 2.05) is 38.1 Å². The summed E-state index contributed by atoms with van der Waals surface area (Å²) in [4.78, 5) is 12.1. The number of sulfonamides is 1. The van der Waals surface area contributed by atoms with Crippen LogP contribution in [0.2, 0.25) is 0 Å². The molecule has 4 aromatic rings. The number of fused-ring (bicyclic) bond motifs is 1. The number of hydrogen-bond acceptors (Lipinski definition) is 5. The van der Waals surface area contributed by atoms with E-state index in [1.165, 1.54) is 5.56 Å². The van der Waals surface area contributed by atoms with Crippen molar-refractivity contribution in [3.05, 3.63) is 83.3 Å². The maximum absolute atomic E-state index is 13.3. The van der Waals surface area contributed by atoms with Gasteiger partial charge in [-0.2, -0.15) is 4.31 Å². The molecule has 0 aliphatic carbocycles. The molecule has 0 spiro atoms. The van der Waals surface area contributed by atoms with E-state index in [4.69, 9.17) is 4.98 Å². The zero-order valence-corrected chi connectivity index (χ0v) is 20.6. The first kappa shape index (κ1) is 22.7. The molecule has 3 heterocycles. The van der Waals surface area contributed by atoms with Gasteiger partial charge in [-0.15, -0.1) is 0 Å². The van der Waals surface area contributed by atoms with E-state index in [-0.39, 0.29) is 0 Å². The summed E-state index contributed by atoms with van der Waals surface area (Å²) in [5.41, 5.74) is 5.65. The average Bonchev–Trinajstić information content (AvgIpc) is 3.19. The van der Waals surface area contributed by atoms with Crippen LogP contribution in [0.25, 0.3) is 16.9 Å². The SMILES string of the molecule is Cc1ccc(-n2c(CN3CCN(S(=O)(=O)c4cc(C)ccc4C)CC3)nc3cccnc32)cc1. The third kappa shape index (κ3) is 4.24. The average molecular weight is 476 g/mol. The van der Waals surface area contributed by atoms with Gasteiger partial charge < -0.3 is 0 Å². The molecule has 0 bridgehead atoms. The molecule has 0 atom stereocenters. The third-order valence-corrected chi connectivity index (χ3v) is 8.48. The van der Waals surface area contributed by atoms with Crippen molar-refractivity contribution in [2.75, 3.05) is 26.2 Å². The maximum atomic E-state index is 13.3. The third-order valence-electron chi connectivity index (χ3n) is 6.44. The lowest BCUT2D eigenvalue weighted by Gasteiger charge is -2.34. The molecule has 5 rings (SSSR count). The molecule has 7 nitrogen and oxygen atoms in total. The molecular formula is C26H29N5O2S. The van der Waals surface area contributed by atoms with E-state index >= 15 is 0 Å². The quantitative estimate of drug-likeness (QED) is 0.438. The Morgan fingerprint density at radius 1 is 0.882 bits per heavy atom. The Labute approximate surface area is 200 Å². The highest BCUT2D eigenvalue weighted by atomic mass is 32.2. The van der Waals surface area contributed by atoms with Gasteiger partial charge >= 0.3 is 0 Å². The largest absolute Gasteiger partial charge is 0.293 e. The zero-order valence-electron chi connectivity index (χ0n) is 19.8. The highest BCUT2D eigenvalue weighted by Crippen LogP contribution is 2.24. The molecule has 34 heavy (non-hydrogen) atoms. The Morgan fingerprint density at radius 3 is 2.32 bits per heavy atom. The van der Waals surface area contributed by atoms with Crippen molar-refractivity contribution >= 4 is 21.2 Å². The highest BCUT2D eigenvalue weighted by molar-refractivity contribution is 7.89. The zero-order chi connectivity index (χ0) is 23.9. The Balaban J connectivity index is 1.37. The number of benzene rings is 2. The summed E-state index contributed by atoms with van der Waals surface area (Å²) in [5, 5.41) is 0. The van der Waals surface area contributed by atoms with Gasteiger partial charge in [-0.1, -0.05) is 29.8 Å². The number of hydrogen-bond donors (Lipinski definition) is 0. The van der Waals surface area contributed by atoms with Crippen molar-refractivity contribution in [1.29, 1.82) is 0 Å². The second-order valence-corrected chi connectivity index (χ2v) is 10.9. The molecule has 2 aromatic heterocycles. The standard InChI is InChI=1S/C26H29N5O2S/c1-19-7-10-22(11-8-19)31-25(28-23-5-4-12-27-26(23)31)18-29-13-15-30(16-14-29)34(32,33)24-17-20(2)6-9-21(24)3/h4-12,17H,13-16,18H2,1-3H3. The Hall–Kier alpha value is -3.07. The molecule has 0 saturated carbocycles. The Bertz CT molecular complexity index is 1440. The number of piperazine rings is 1. The van der Waals surface area contributed by atoms with E-state index < -0.39 is 10.0 Å². The predicted molar refractivity (Wildman–Crippen MR) is 134 cm³/mol. The van der Waals surface area contributed by atoms with Crippen molar-refractivity contribution in [2.45, 2.75) is 32.2 Å². The summed E-state index contributed by atoms with van der Waals surface area (Å²) in [6.45, 7) is 8.68. The lowest BCUT2D eigenvalue weighted by Crippen LogP contribution is -2.48. The van der Waals surface area contributed by atoms with Crippen LogP contribution in [0.3, 0.4) is 0 Å². The molecule has 0 amide bonds. The first-order valence-corrected chi connectivity index (χ1v) is 13.0. The predicted octanol–water partition coefficient (Wildman–Crippen LogP) is 3.85. The molecule has 0 radical (unpaired) electrons. The minimum Gasteiger partial charge on any atom is -0.293 e. The fraction of sp³-hybridized carbons (Fsp3) is 0.308. The molecule has 1 saturated heterocycles. The van der Waals surface area contributed by atoms with Gasteiger partial charge in [0.15, 0.2) is 5.65 Å². The number of imidazole rings is 1. The van der Waals surface area contributed by atoms with Gasteiger partial charge in [0.25, 0.3) is 0 Å². The summed E-state index contributed by atoms with van der Waals surface area (Å²) >= 11 is 0. The van der Waals surface area contributed by atoms with E-state index in [2.05, 4.69) is 45.6 Å². The van der Waals surface area contributed by atoms with Crippen molar-refractivity contribution < 1.29 is 8.42 Å². The number of aryl methyl sites for hydroxylation is 3. The number of pyridine rings is 1. The van der Waals surface area contributed by atoms with E-state index in [9.17, 15) is 8.42 Å². The maximum Gasteiger partial charge on any atom is 0.243 e. The monoisotopic (exact) mass is 475 g/mol. The minimum atomic E-state index is -3.51. The Kier molecular flexibility index (Phi) is 5.97. The summed E-state index contributed by atoms with van der Waals surface area (Å²) in [5.74, 6) is 0.906. The summed E-state index contributed by atoms with van der Waals surface area (Å²) in [6.07, 6.45) is 1.79. The van der Waals surface area contributed by atoms with Crippen LogP contribution in [0.15, 0.2) is 65.7 Å². The van der Waals surface area contributed by atoms with E-state index in [0.29, 0.717) is 37.6 Å². The molecular weight excluding hydrogens is 446 g/mol. The fourth-order valence-electron chi connectivity index (χ4n) is 4.48. The number of aromatic nitrogens is 3. The first-order chi connectivity index (χ1) is 16.3. The fourth-order valence-corrected chi connectivity index (χ4v) is 6.21. The van der Waals surface area contributed by atoms with E-state index in [0.717, 1.165) is 33.8 Å². The normalized spacial score (nSPS) is 15.7. The van der Waals surface area contributed by atoms with Crippen LogP contribution in [0, 0.1) is 20.8 Å². The van der Waals surface area contributed by atoms with Gasteiger partial charge in [-0.25, -0.2) is 18.4 Å². The van der Waals surface area contributed by atoms with Gasteiger partial charge in [0.1, 0.15) is 11.3 Å². The van der Waals surface area contributed by atoms with Gasteiger partial charge in [0.2, 0.25) is 10.0 Å². The summed E-state index contributed by atoms with van der Waals surface area (Å²) in [6, 6.07) is 17.8. The molecule has 0 unspecified atom stereocenters. The van der Waals surface area contributed by atoms with Crippen LogP contribution in [0.5, 0.6) is 0 Å². The molecule has 1 aliphatic rings. The van der Waals surface area contributed by atoms with Gasteiger partial charge in [-0.3, -0.25) is 9.47 Å². The molecule has 2 aromatic carbocycles. The van der Waals surface area contributed by atoms with Crippen LogP contribution >= 0.6 is 0 Å². The number of rotatable bonds is 5. The minimum absolute atomic E-state index is 0.410. The summed E-state index contributed by atoms with van der Waals surface area (Å²) in [7, 11) is -3.51. The Morgan fingerprint density at radius 2 is 1.59 bits per heavy atom. The molecule has 8 heteroatoms. The smallest absolute Gasteiger partial charge is 0.243 e. The molecule has 1 fully saturated rings. The van der Waals surface area contributed by atoms with E-state index in [1.54, 1.807) is 16.6 Å². The first-order valence-electron chi connectivity index (χ1n) is 11.5. The second-order valence-electron chi connectivity index (χ2n) is 8.99. The van der Waals surface area contributed by atoms with Crippen molar-refractivity contribution in [3.8, 4) is 5.69 Å². The van der Waals surface area contributed by atoms with Crippen LogP contribution in [0.4, 0.5) is 0 Å². The van der Waals surface area contributed by atoms with Crippen LogP contribution < -0.4 is 0 Å². The highest BCUT2D eigenvalue weighted by Gasteiger charge is 2.30. The van der Waals surface area contributed by atoms with Crippen molar-refractivity contribution in [3.63, 3.8) is 0 Å². The van der Waals surface area contributed by atoms with Crippen LogP contribution in [-0.2, 0) is 16.6 Å². The van der Waals surface area contributed by atoms with Gasteiger partial charge in [0, 0.05) is 38.1 Å². The van der Waals surface area contributed by atoms with Crippen molar-refractivity contribution in [1.82, 2.24) is 23.7 Å². The molecule has 1 aliphatic heterocycles. The number of nitrogens with zero attached hydrogens (tertiary/aromatic N) is 5. The van der Waals surface area contributed by atoms with Gasteiger partial charge in [-0.05, 0) is 62.2 Å². The second kappa shape index (κ2) is 8.94. The topological polar surface area (TPSA) is 71.3 Å². The molecule has 0 N–H and O–H groups in total. The lowest BCUT2D eigenvalue weighted by atomic mass is 10.2. The van der Waals surface area contributed by atoms with Gasteiger partial charge in [0.05, 0.1) is 11.4 Å². The van der Waals surface area contributed by atoms with Crippen molar-refractivity contribution in [2.24, 2.45) is 0 Å². The van der Waals surface area contributed by atoms with Crippen LogP contribution in [-0.4, -0.2) is 58.3 Å². The lowest BCUT2D eigenvalue weighted by molar-refractivity contribution is 0.177. The summed E-state index contributed by atoms with van der Waals surface area (Å²) < 4.78 is 30.3.